The van der Waals surface area contributed by atoms with Crippen LogP contribution in [0.1, 0.15) is 22.7 Å². The Hall–Kier alpha value is -1.21. The van der Waals surface area contributed by atoms with Gasteiger partial charge >= 0.3 is 0 Å². The Bertz CT molecular complexity index is 775. The first-order chi connectivity index (χ1) is 11.0. The lowest BCUT2D eigenvalue weighted by atomic mass is 9.95. The second-order valence-corrected chi connectivity index (χ2v) is 8.41. The molecule has 0 amide bonds. The molecule has 0 saturated heterocycles. The summed E-state index contributed by atoms with van der Waals surface area (Å²) in [6.45, 7) is 1.24. The Balaban J connectivity index is 1.65. The third-order valence-electron chi connectivity index (χ3n) is 3.99. The van der Waals surface area contributed by atoms with Gasteiger partial charge in [0.15, 0.2) is 0 Å². The lowest BCUT2D eigenvalue weighted by molar-refractivity contribution is 0.491. The Kier molecular flexibility index (Phi) is 5.16. The monoisotopic (exact) mass is 394 g/mol. The van der Waals surface area contributed by atoms with E-state index in [-0.39, 0.29) is 11.8 Å². The van der Waals surface area contributed by atoms with Crippen LogP contribution in [0.4, 0.5) is 0 Å². The van der Waals surface area contributed by atoms with Crippen molar-refractivity contribution < 1.29 is 8.42 Å². The van der Waals surface area contributed by atoms with Crippen molar-refractivity contribution in [2.24, 2.45) is 0 Å². The van der Waals surface area contributed by atoms with Crippen LogP contribution in [0.3, 0.4) is 0 Å². The molecule has 0 saturated carbocycles. The summed E-state index contributed by atoms with van der Waals surface area (Å²) in [6, 6.07) is 15.6. The van der Waals surface area contributed by atoms with Crippen molar-refractivity contribution in [3.63, 3.8) is 0 Å². The van der Waals surface area contributed by atoms with Crippen molar-refractivity contribution in [3.05, 3.63) is 69.7 Å². The molecule has 0 aliphatic carbocycles. The third kappa shape index (κ3) is 4.41. The van der Waals surface area contributed by atoms with Crippen molar-refractivity contribution >= 4 is 26.0 Å². The van der Waals surface area contributed by atoms with Gasteiger partial charge in [-0.3, -0.25) is 0 Å². The summed E-state index contributed by atoms with van der Waals surface area (Å²) in [5.41, 5.74) is 3.26. The molecule has 0 fully saturated rings. The van der Waals surface area contributed by atoms with E-state index in [1.54, 1.807) is 0 Å². The van der Waals surface area contributed by atoms with Gasteiger partial charge < -0.3 is 5.32 Å². The van der Waals surface area contributed by atoms with Gasteiger partial charge in [0.05, 0.1) is 5.75 Å². The van der Waals surface area contributed by atoms with Crippen LogP contribution < -0.4 is 10.0 Å². The first-order valence-electron chi connectivity index (χ1n) is 7.56. The van der Waals surface area contributed by atoms with Gasteiger partial charge in [-0.1, -0.05) is 52.3 Å². The van der Waals surface area contributed by atoms with Gasteiger partial charge in [0.25, 0.3) is 0 Å². The van der Waals surface area contributed by atoms with E-state index < -0.39 is 10.0 Å². The molecule has 0 spiro atoms. The Morgan fingerprint density at radius 2 is 1.87 bits per heavy atom. The second-order valence-electron chi connectivity index (χ2n) is 5.69. The summed E-state index contributed by atoms with van der Waals surface area (Å²) in [6.07, 6.45) is 0.984. The zero-order chi connectivity index (χ0) is 16.3. The van der Waals surface area contributed by atoms with Gasteiger partial charge in [-0.15, -0.1) is 0 Å². The highest BCUT2D eigenvalue weighted by Gasteiger charge is 2.21. The molecule has 1 unspecified atom stereocenters. The zero-order valence-electron chi connectivity index (χ0n) is 12.6. The summed E-state index contributed by atoms with van der Waals surface area (Å²) in [4.78, 5) is 0. The van der Waals surface area contributed by atoms with Gasteiger partial charge in [0.1, 0.15) is 0 Å². The Morgan fingerprint density at radius 3 is 2.65 bits per heavy atom. The van der Waals surface area contributed by atoms with E-state index in [0.717, 1.165) is 23.0 Å². The molecule has 2 aromatic rings. The maximum absolute atomic E-state index is 12.3. The highest BCUT2D eigenvalue weighted by Crippen LogP contribution is 2.22. The molecule has 1 aliphatic heterocycles. The highest BCUT2D eigenvalue weighted by molar-refractivity contribution is 9.10. The molecule has 23 heavy (non-hydrogen) atoms. The fourth-order valence-electron chi connectivity index (χ4n) is 2.84. The average molecular weight is 395 g/mol. The number of fused-ring (bicyclic) bond motifs is 1. The lowest BCUT2D eigenvalue weighted by Gasteiger charge is -2.27. The third-order valence-corrected chi connectivity index (χ3v) is 5.84. The number of halogens is 1. The Morgan fingerprint density at radius 1 is 1.13 bits per heavy atom. The van der Waals surface area contributed by atoms with Crippen molar-refractivity contribution in [3.8, 4) is 0 Å². The van der Waals surface area contributed by atoms with Crippen LogP contribution >= 0.6 is 15.9 Å². The zero-order valence-corrected chi connectivity index (χ0v) is 15.0. The Labute approximate surface area is 145 Å². The minimum atomic E-state index is -3.35. The molecule has 2 N–H and O–H groups in total. The molecule has 1 aliphatic rings. The van der Waals surface area contributed by atoms with E-state index in [4.69, 9.17) is 0 Å². The molecule has 122 valence electrons. The second kappa shape index (κ2) is 7.13. The normalized spacial score (nSPS) is 17.7. The number of hydrogen-bond donors (Lipinski definition) is 2. The van der Waals surface area contributed by atoms with E-state index in [9.17, 15) is 8.42 Å². The average Bonchev–Trinajstić information content (AvgIpc) is 2.55. The largest absolute Gasteiger partial charge is 0.308 e. The van der Waals surface area contributed by atoms with Gasteiger partial charge in [-0.25, -0.2) is 13.1 Å². The van der Waals surface area contributed by atoms with E-state index >= 15 is 0 Å². The van der Waals surface area contributed by atoms with Gasteiger partial charge in [-0.05, 0) is 41.8 Å². The van der Waals surface area contributed by atoms with E-state index in [0.29, 0.717) is 6.54 Å². The minimum absolute atomic E-state index is 0.00531. The van der Waals surface area contributed by atoms with Crippen molar-refractivity contribution in [1.29, 1.82) is 0 Å². The number of rotatable bonds is 5. The maximum Gasteiger partial charge on any atom is 0.215 e. The van der Waals surface area contributed by atoms with Crippen LogP contribution in [0.25, 0.3) is 0 Å². The van der Waals surface area contributed by atoms with E-state index in [1.165, 1.54) is 11.1 Å². The van der Waals surface area contributed by atoms with Crippen LogP contribution in [-0.4, -0.2) is 21.5 Å². The molecule has 0 radical (unpaired) electrons. The summed E-state index contributed by atoms with van der Waals surface area (Å²) in [5, 5.41) is 3.39. The predicted molar refractivity (Wildman–Crippen MR) is 95.7 cm³/mol. The van der Waals surface area contributed by atoms with E-state index in [2.05, 4.69) is 38.1 Å². The fraction of sp³-hybridized carbons (Fsp3) is 0.294. The fourth-order valence-corrected chi connectivity index (χ4v) is 4.25. The first-order valence-corrected chi connectivity index (χ1v) is 10.0. The minimum Gasteiger partial charge on any atom is -0.308 e. The number of hydrogen-bond acceptors (Lipinski definition) is 3. The SMILES string of the molecule is O=S(=O)(Cc1ccc(Br)cc1)NCC1NCCc2ccccc21. The smallest absolute Gasteiger partial charge is 0.215 e. The quantitative estimate of drug-likeness (QED) is 0.819. The molecule has 2 aromatic carbocycles. The molecule has 1 heterocycles. The topological polar surface area (TPSA) is 58.2 Å². The molecule has 0 bridgehead atoms. The molecule has 0 aromatic heterocycles. The van der Waals surface area contributed by atoms with Crippen LogP contribution in [-0.2, 0) is 22.2 Å². The van der Waals surface area contributed by atoms with Crippen LogP contribution in [0.15, 0.2) is 53.0 Å². The molecule has 6 heteroatoms. The van der Waals surface area contributed by atoms with Gasteiger partial charge in [0.2, 0.25) is 10.0 Å². The number of benzene rings is 2. The summed E-state index contributed by atoms with van der Waals surface area (Å²) >= 11 is 3.35. The van der Waals surface area contributed by atoms with E-state index in [1.807, 2.05) is 36.4 Å². The molecule has 4 nitrogen and oxygen atoms in total. The molecule has 1 atom stereocenters. The number of nitrogens with one attached hydrogen (secondary N) is 2. The van der Waals surface area contributed by atoms with Crippen LogP contribution in [0.5, 0.6) is 0 Å². The van der Waals surface area contributed by atoms with Crippen molar-refractivity contribution in [1.82, 2.24) is 10.0 Å². The predicted octanol–water partition coefficient (Wildman–Crippen LogP) is 2.76. The maximum atomic E-state index is 12.3. The molecule has 3 rings (SSSR count). The van der Waals surface area contributed by atoms with Crippen LogP contribution in [0, 0.1) is 0 Å². The standard InChI is InChI=1S/C17H19BrN2O2S/c18-15-7-5-13(6-8-15)12-23(21,22)20-11-17-16-4-2-1-3-14(16)9-10-19-17/h1-8,17,19-20H,9-12H2. The number of sulfonamides is 1. The van der Waals surface area contributed by atoms with Crippen molar-refractivity contribution in [2.45, 2.75) is 18.2 Å². The summed E-state index contributed by atoms with van der Waals surface area (Å²) in [5.74, 6) is -0.00531. The van der Waals surface area contributed by atoms with Crippen LogP contribution in [0.2, 0.25) is 0 Å². The van der Waals surface area contributed by atoms with Gasteiger partial charge in [-0.2, -0.15) is 0 Å². The summed E-state index contributed by atoms with van der Waals surface area (Å²) in [7, 11) is -3.35. The molecular weight excluding hydrogens is 376 g/mol. The first kappa shape index (κ1) is 16.6. The lowest BCUT2D eigenvalue weighted by Crippen LogP contribution is -2.39. The molecular formula is C17H19BrN2O2S. The highest BCUT2D eigenvalue weighted by atomic mass is 79.9. The summed E-state index contributed by atoms with van der Waals surface area (Å²) < 4.78 is 28.2. The van der Waals surface area contributed by atoms with Crippen molar-refractivity contribution in [2.75, 3.05) is 13.1 Å². The van der Waals surface area contributed by atoms with Gasteiger partial charge in [0, 0.05) is 17.1 Å².